The van der Waals surface area contributed by atoms with Crippen LogP contribution in [0.25, 0.3) is 5.52 Å². The third-order valence-electron chi connectivity index (χ3n) is 5.33. The van der Waals surface area contributed by atoms with Crippen molar-refractivity contribution in [2.24, 2.45) is 0 Å². The number of nitrogens with zero attached hydrogens (tertiary/aromatic N) is 2. The van der Waals surface area contributed by atoms with Crippen molar-refractivity contribution in [2.75, 3.05) is 11.5 Å². The van der Waals surface area contributed by atoms with E-state index in [9.17, 15) is 9.59 Å². The number of fused-ring (bicyclic) bond motifs is 3. The number of carbonyl (C=O) groups is 2. The van der Waals surface area contributed by atoms with Crippen molar-refractivity contribution in [3.05, 3.63) is 89.7 Å². The molecule has 1 amide bonds. The molecule has 0 atom stereocenters. The number of anilines is 2. The van der Waals surface area contributed by atoms with Crippen molar-refractivity contribution >= 4 is 40.5 Å². The van der Waals surface area contributed by atoms with Crippen molar-refractivity contribution in [2.45, 2.75) is 23.6 Å². The van der Waals surface area contributed by atoms with Gasteiger partial charge in [-0.2, -0.15) is 0 Å². The standard InChI is InChI=1S/C25H20N2O3S/c1-3-30-25(29)17-15-21(26-16(2)9-8-12-18(17)26)24(28)27-19-10-4-6-13-22(19)31-23-14-7-5-11-20(23)27/h4-15H,3H2,1-2H3. The van der Waals surface area contributed by atoms with Crippen LogP contribution in [0.4, 0.5) is 11.4 Å². The van der Waals surface area contributed by atoms with Gasteiger partial charge in [0.05, 0.1) is 29.1 Å². The summed E-state index contributed by atoms with van der Waals surface area (Å²) in [6, 6.07) is 23.0. The molecule has 0 bridgehead atoms. The summed E-state index contributed by atoms with van der Waals surface area (Å²) in [5, 5.41) is 0. The number of aryl methyl sites for hydroxylation is 1. The van der Waals surface area contributed by atoms with Gasteiger partial charge in [0.25, 0.3) is 5.91 Å². The van der Waals surface area contributed by atoms with Gasteiger partial charge in [-0.1, -0.05) is 42.1 Å². The van der Waals surface area contributed by atoms with Gasteiger partial charge < -0.3 is 9.14 Å². The molecule has 1 aliphatic heterocycles. The first-order valence-electron chi connectivity index (χ1n) is 10.1. The number of pyridine rings is 1. The first-order valence-corrected chi connectivity index (χ1v) is 10.9. The van der Waals surface area contributed by atoms with Crippen LogP contribution in [-0.4, -0.2) is 22.9 Å². The number of carbonyl (C=O) groups excluding carboxylic acids is 2. The van der Waals surface area contributed by atoms with Crippen LogP contribution in [0.15, 0.2) is 82.6 Å². The van der Waals surface area contributed by atoms with Crippen molar-refractivity contribution in [3.63, 3.8) is 0 Å². The lowest BCUT2D eigenvalue weighted by atomic mass is 10.2. The average Bonchev–Trinajstić information content (AvgIpc) is 3.18. The molecule has 6 heteroatoms. The molecule has 3 heterocycles. The molecule has 2 aromatic heterocycles. The molecular weight excluding hydrogens is 408 g/mol. The van der Waals surface area contributed by atoms with E-state index < -0.39 is 5.97 Å². The monoisotopic (exact) mass is 428 g/mol. The van der Waals surface area contributed by atoms with Crippen LogP contribution in [0, 0.1) is 6.92 Å². The number of hydrogen-bond acceptors (Lipinski definition) is 4. The maximum atomic E-state index is 14.0. The number of hydrogen-bond donors (Lipinski definition) is 0. The fourth-order valence-electron chi connectivity index (χ4n) is 3.99. The van der Waals surface area contributed by atoms with Crippen LogP contribution in [0.3, 0.4) is 0 Å². The molecule has 0 fully saturated rings. The Kier molecular flexibility index (Phi) is 4.79. The zero-order valence-corrected chi connectivity index (χ0v) is 18.0. The topological polar surface area (TPSA) is 51.0 Å². The lowest BCUT2D eigenvalue weighted by molar-refractivity contribution is 0.0529. The lowest BCUT2D eigenvalue weighted by Gasteiger charge is -2.31. The Balaban J connectivity index is 1.73. The van der Waals surface area contributed by atoms with Gasteiger partial charge in [-0.3, -0.25) is 9.69 Å². The number of rotatable bonds is 3. The molecule has 5 nitrogen and oxygen atoms in total. The largest absolute Gasteiger partial charge is 0.462 e. The van der Waals surface area contributed by atoms with Gasteiger partial charge in [-0.05, 0) is 56.3 Å². The fourth-order valence-corrected chi connectivity index (χ4v) is 5.05. The predicted molar refractivity (Wildman–Crippen MR) is 122 cm³/mol. The molecule has 0 N–H and O–H groups in total. The van der Waals surface area contributed by atoms with Gasteiger partial charge in [-0.15, -0.1) is 0 Å². The maximum Gasteiger partial charge on any atom is 0.340 e. The first-order chi connectivity index (χ1) is 15.1. The van der Waals surface area contributed by atoms with E-state index in [1.165, 1.54) is 0 Å². The molecule has 0 aliphatic carbocycles. The summed E-state index contributed by atoms with van der Waals surface area (Å²) in [4.78, 5) is 30.4. The van der Waals surface area contributed by atoms with Gasteiger partial charge in [0.15, 0.2) is 0 Å². The van der Waals surface area contributed by atoms with E-state index in [1.807, 2.05) is 78.1 Å². The summed E-state index contributed by atoms with van der Waals surface area (Å²) in [6.45, 7) is 3.97. The van der Waals surface area contributed by atoms with Gasteiger partial charge in [0.1, 0.15) is 5.69 Å². The van der Waals surface area contributed by atoms with E-state index in [0.29, 0.717) is 16.8 Å². The Morgan fingerprint density at radius 1 is 0.903 bits per heavy atom. The Labute approximate surface area is 184 Å². The van der Waals surface area contributed by atoms with Crippen molar-refractivity contribution < 1.29 is 14.3 Å². The second-order valence-corrected chi connectivity index (χ2v) is 8.31. The van der Waals surface area contributed by atoms with Crippen molar-refractivity contribution in [3.8, 4) is 0 Å². The quantitative estimate of drug-likeness (QED) is 0.383. The number of benzene rings is 2. The second-order valence-electron chi connectivity index (χ2n) is 7.23. The summed E-state index contributed by atoms with van der Waals surface area (Å²) < 4.78 is 7.08. The molecule has 0 saturated carbocycles. The van der Waals surface area contributed by atoms with E-state index in [-0.39, 0.29) is 12.5 Å². The Morgan fingerprint density at radius 2 is 1.55 bits per heavy atom. The first kappa shape index (κ1) is 19.5. The van der Waals surface area contributed by atoms with Crippen molar-refractivity contribution in [1.29, 1.82) is 0 Å². The molecule has 154 valence electrons. The van der Waals surface area contributed by atoms with Crippen LogP contribution in [0.2, 0.25) is 0 Å². The highest BCUT2D eigenvalue weighted by atomic mass is 32.2. The van der Waals surface area contributed by atoms with E-state index in [4.69, 9.17) is 4.74 Å². The minimum Gasteiger partial charge on any atom is -0.462 e. The van der Waals surface area contributed by atoms with Crippen LogP contribution in [-0.2, 0) is 4.74 Å². The van der Waals surface area contributed by atoms with Crippen LogP contribution >= 0.6 is 11.8 Å². The summed E-state index contributed by atoms with van der Waals surface area (Å²) in [6.07, 6.45) is 0. The van der Waals surface area contributed by atoms with Crippen LogP contribution in [0.1, 0.15) is 33.5 Å². The normalized spacial score (nSPS) is 12.4. The number of aromatic nitrogens is 1. The van der Waals surface area contributed by atoms with Crippen LogP contribution < -0.4 is 4.90 Å². The SMILES string of the molecule is CCOC(=O)c1cc(C(=O)N2c3ccccc3Sc3ccccc32)n2c(C)cccc12. The molecule has 0 radical (unpaired) electrons. The Morgan fingerprint density at radius 3 is 2.19 bits per heavy atom. The Hall–Kier alpha value is -3.51. The number of esters is 1. The molecule has 2 aromatic carbocycles. The van der Waals surface area contributed by atoms with E-state index in [0.717, 1.165) is 26.9 Å². The number of para-hydroxylation sites is 2. The average molecular weight is 429 g/mol. The number of amides is 1. The molecular formula is C25H20N2O3S. The molecule has 0 spiro atoms. The van der Waals surface area contributed by atoms with E-state index in [1.54, 1.807) is 29.7 Å². The highest BCUT2D eigenvalue weighted by molar-refractivity contribution is 7.99. The minimum atomic E-state index is -0.431. The van der Waals surface area contributed by atoms with E-state index >= 15 is 0 Å². The lowest BCUT2D eigenvalue weighted by Crippen LogP contribution is -2.29. The minimum absolute atomic E-state index is 0.194. The summed E-state index contributed by atoms with van der Waals surface area (Å²) in [5.41, 5.74) is 4.00. The zero-order chi connectivity index (χ0) is 21.5. The highest BCUT2D eigenvalue weighted by Crippen LogP contribution is 2.48. The Bertz CT molecular complexity index is 1300. The van der Waals surface area contributed by atoms with Gasteiger partial charge in [-0.25, -0.2) is 4.79 Å². The third kappa shape index (κ3) is 3.11. The van der Waals surface area contributed by atoms with Gasteiger partial charge in [0, 0.05) is 15.5 Å². The summed E-state index contributed by atoms with van der Waals surface area (Å²) in [7, 11) is 0. The molecule has 1 aliphatic rings. The molecule has 5 rings (SSSR count). The van der Waals surface area contributed by atoms with Crippen molar-refractivity contribution in [1.82, 2.24) is 4.40 Å². The summed E-state index contributed by atoms with van der Waals surface area (Å²) >= 11 is 1.65. The molecule has 31 heavy (non-hydrogen) atoms. The second kappa shape index (κ2) is 7.63. The maximum absolute atomic E-state index is 14.0. The van der Waals surface area contributed by atoms with Gasteiger partial charge in [0.2, 0.25) is 0 Å². The summed E-state index contributed by atoms with van der Waals surface area (Å²) in [5.74, 6) is -0.625. The predicted octanol–water partition coefficient (Wildman–Crippen LogP) is 5.87. The zero-order valence-electron chi connectivity index (χ0n) is 17.2. The van der Waals surface area contributed by atoms with Gasteiger partial charge >= 0.3 is 5.97 Å². The van der Waals surface area contributed by atoms with E-state index in [2.05, 4.69) is 0 Å². The molecule has 0 saturated heterocycles. The third-order valence-corrected chi connectivity index (χ3v) is 6.46. The molecule has 0 unspecified atom stereocenters. The smallest absolute Gasteiger partial charge is 0.340 e. The fraction of sp³-hybridized carbons (Fsp3) is 0.120. The highest BCUT2D eigenvalue weighted by Gasteiger charge is 2.31. The van der Waals surface area contributed by atoms with Crippen LogP contribution in [0.5, 0.6) is 0 Å². The molecule has 4 aromatic rings. The number of ether oxygens (including phenoxy) is 1.